The molecule has 3 N–H and O–H groups in total. The average molecular weight is 231 g/mol. The molecule has 0 aromatic carbocycles. The van der Waals surface area contributed by atoms with Gasteiger partial charge in [0, 0.05) is 6.42 Å². The van der Waals surface area contributed by atoms with E-state index in [4.69, 9.17) is 10.2 Å². The summed E-state index contributed by atoms with van der Waals surface area (Å²) < 4.78 is 0. The van der Waals surface area contributed by atoms with Crippen LogP contribution in [0.25, 0.3) is 0 Å². The largest absolute Gasteiger partial charge is 0.481 e. The van der Waals surface area contributed by atoms with E-state index in [2.05, 4.69) is 5.32 Å². The van der Waals surface area contributed by atoms with Gasteiger partial charge in [0.15, 0.2) is 0 Å². The van der Waals surface area contributed by atoms with Gasteiger partial charge >= 0.3 is 11.9 Å². The van der Waals surface area contributed by atoms with Crippen molar-refractivity contribution in [1.29, 1.82) is 0 Å². The molecule has 0 aromatic rings. The molecule has 0 aliphatic carbocycles. The van der Waals surface area contributed by atoms with Gasteiger partial charge in [-0.25, -0.2) is 4.79 Å². The molecule has 0 unspecified atom stereocenters. The smallest absolute Gasteiger partial charge is 0.326 e. The number of hydrogen-bond acceptors (Lipinski definition) is 4. The Hall–Kier alpha value is -1.92. The van der Waals surface area contributed by atoms with E-state index in [9.17, 15) is 19.2 Å². The second kappa shape index (κ2) is 6.54. The third-order valence-electron chi connectivity index (χ3n) is 1.69. The van der Waals surface area contributed by atoms with Gasteiger partial charge in [-0.05, 0) is 13.3 Å². The van der Waals surface area contributed by atoms with Gasteiger partial charge in [0.1, 0.15) is 11.8 Å². The molecule has 0 aliphatic heterocycles. The highest BCUT2D eigenvalue weighted by molar-refractivity contribution is 5.98. The SMILES string of the molecule is CC(=O)CC(=O)N[C@H](CCC(=O)O)C(=O)O. The van der Waals surface area contributed by atoms with E-state index in [1.165, 1.54) is 6.92 Å². The number of rotatable bonds is 7. The van der Waals surface area contributed by atoms with Crippen LogP contribution in [0.2, 0.25) is 0 Å². The lowest BCUT2D eigenvalue weighted by atomic mass is 10.1. The van der Waals surface area contributed by atoms with Crippen molar-refractivity contribution in [2.24, 2.45) is 0 Å². The minimum Gasteiger partial charge on any atom is -0.481 e. The maximum absolute atomic E-state index is 11.1. The predicted molar refractivity (Wildman–Crippen MR) is 51.7 cm³/mol. The number of amides is 1. The quantitative estimate of drug-likeness (QED) is 0.503. The van der Waals surface area contributed by atoms with Crippen molar-refractivity contribution in [1.82, 2.24) is 5.32 Å². The van der Waals surface area contributed by atoms with Crippen LogP contribution in [0.4, 0.5) is 0 Å². The van der Waals surface area contributed by atoms with Crippen LogP contribution in [-0.2, 0) is 19.2 Å². The number of ketones is 1. The average Bonchev–Trinajstić information content (AvgIpc) is 2.09. The van der Waals surface area contributed by atoms with Crippen molar-refractivity contribution in [2.75, 3.05) is 0 Å². The molecular formula is C9H13NO6. The Balaban J connectivity index is 4.22. The van der Waals surface area contributed by atoms with E-state index < -0.39 is 30.3 Å². The van der Waals surface area contributed by atoms with Gasteiger partial charge in [0.05, 0.1) is 6.42 Å². The zero-order valence-electron chi connectivity index (χ0n) is 8.73. The highest BCUT2D eigenvalue weighted by Crippen LogP contribution is 1.99. The number of aliphatic carboxylic acids is 2. The minimum atomic E-state index is -1.32. The third-order valence-corrected chi connectivity index (χ3v) is 1.69. The topological polar surface area (TPSA) is 121 Å². The summed E-state index contributed by atoms with van der Waals surface area (Å²) in [6.07, 6.45) is -0.984. The lowest BCUT2D eigenvalue weighted by Gasteiger charge is -2.12. The van der Waals surface area contributed by atoms with Gasteiger partial charge in [-0.2, -0.15) is 0 Å². The van der Waals surface area contributed by atoms with Gasteiger partial charge in [-0.3, -0.25) is 14.4 Å². The molecular weight excluding hydrogens is 218 g/mol. The van der Waals surface area contributed by atoms with E-state index in [1.807, 2.05) is 0 Å². The van der Waals surface area contributed by atoms with Gasteiger partial charge in [-0.1, -0.05) is 0 Å². The fourth-order valence-corrected chi connectivity index (χ4v) is 0.997. The minimum absolute atomic E-state index is 0.214. The van der Waals surface area contributed by atoms with Gasteiger partial charge in [0.2, 0.25) is 5.91 Å². The molecule has 0 saturated carbocycles. The van der Waals surface area contributed by atoms with Gasteiger partial charge in [0.25, 0.3) is 0 Å². The lowest BCUT2D eigenvalue weighted by molar-refractivity contribution is -0.143. The Morgan fingerprint density at radius 3 is 2.12 bits per heavy atom. The van der Waals surface area contributed by atoms with Crippen LogP contribution in [0, 0.1) is 0 Å². The van der Waals surface area contributed by atoms with Crippen molar-refractivity contribution in [3.05, 3.63) is 0 Å². The number of nitrogens with one attached hydrogen (secondary N) is 1. The summed E-state index contributed by atoms with van der Waals surface area (Å²) in [5.74, 6) is -3.57. The standard InChI is InChI=1S/C9H13NO6/c1-5(11)4-7(12)10-6(9(15)16)2-3-8(13)14/h6H,2-4H2,1H3,(H,10,12)(H,13,14)(H,15,16)/t6-/m1/s1. The molecule has 0 aliphatic rings. The normalized spacial score (nSPS) is 11.6. The molecule has 0 saturated heterocycles. The molecule has 7 nitrogen and oxygen atoms in total. The maximum Gasteiger partial charge on any atom is 0.326 e. The van der Waals surface area contributed by atoms with Gasteiger partial charge < -0.3 is 15.5 Å². The summed E-state index contributed by atoms with van der Waals surface area (Å²) in [6, 6.07) is -1.28. The van der Waals surface area contributed by atoms with Crippen LogP contribution in [0.3, 0.4) is 0 Å². The molecule has 1 amide bonds. The van der Waals surface area contributed by atoms with E-state index in [-0.39, 0.29) is 18.6 Å². The summed E-state index contributed by atoms with van der Waals surface area (Å²) in [5.41, 5.74) is 0. The van der Waals surface area contributed by atoms with Crippen LogP contribution in [0.15, 0.2) is 0 Å². The molecule has 0 rings (SSSR count). The molecule has 0 spiro atoms. The number of carbonyl (C=O) groups excluding carboxylic acids is 2. The number of carboxylic acids is 2. The second-order valence-corrected chi connectivity index (χ2v) is 3.27. The van der Waals surface area contributed by atoms with Crippen molar-refractivity contribution < 1.29 is 29.4 Å². The first-order valence-corrected chi connectivity index (χ1v) is 4.56. The van der Waals surface area contributed by atoms with Crippen LogP contribution in [0.5, 0.6) is 0 Å². The number of hydrogen-bond donors (Lipinski definition) is 3. The number of carbonyl (C=O) groups is 4. The fraction of sp³-hybridized carbons (Fsp3) is 0.556. The maximum atomic E-state index is 11.1. The summed E-state index contributed by atoms with van der Waals surface area (Å²) in [4.78, 5) is 42.5. The molecule has 90 valence electrons. The van der Waals surface area contributed by atoms with Crippen molar-refractivity contribution >= 4 is 23.6 Å². The van der Waals surface area contributed by atoms with E-state index in [1.54, 1.807) is 0 Å². The Bertz CT molecular complexity index is 311. The highest BCUT2D eigenvalue weighted by Gasteiger charge is 2.21. The van der Waals surface area contributed by atoms with Crippen molar-refractivity contribution in [3.8, 4) is 0 Å². The van der Waals surface area contributed by atoms with E-state index in [0.717, 1.165) is 0 Å². The Labute approximate surface area is 91.4 Å². The summed E-state index contributed by atoms with van der Waals surface area (Å²) in [5, 5.41) is 19.1. The molecule has 0 fully saturated rings. The first-order valence-electron chi connectivity index (χ1n) is 4.56. The van der Waals surface area contributed by atoms with Crippen LogP contribution < -0.4 is 5.32 Å². The molecule has 0 aromatic heterocycles. The second-order valence-electron chi connectivity index (χ2n) is 3.27. The molecule has 16 heavy (non-hydrogen) atoms. The highest BCUT2D eigenvalue weighted by atomic mass is 16.4. The summed E-state index contributed by atoms with van der Waals surface area (Å²) in [6.45, 7) is 1.20. The summed E-state index contributed by atoms with van der Waals surface area (Å²) in [7, 11) is 0. The van der Waals surface area contributed by atoms with E-state index in [0.29, 0.717) is 0 Å². The van der Waals surface area contributed by atoms with E-state index >= 15 is 0 Å². The summed E-state index contributed by atoms with van der Waals surface area (Å²) >= 11 is 0. The zero-order chi connectivity index (χ0) is 12.7. The van der Waals surface area contributed by atoms with Crippen LogP contribution >= 0.6 is 0 Å². The first-order chi connectivity index (χ1) is 7.32. The number of carboxylic acid groups (broad SMARTS) is 2. The Morgan fingerprint density at radius 1 is 1.19 bits per heavy atom. The molecule has 0 bridgehead atoms. The van der Waals surface area contributed by atoms with Crippen LogP contribution in [-0.4, -0.2) is 39.9 Å². The molecule has 7 heteroatoms. The zero-order valence-corrected chi connectivity index (χ0v) is 8.73. The number of Topliss-reactive ketones (excluding diaryl/α,β-unsaturated/α-hetero) is 1. The Morgan fingerprint density at radius 2 is 1.75 bits per heavy atom. The molecule has 0 heterocycles. The monoisotopic (exact) mass is 231 g/mol. The third kappa shape index (κ3) is 6.52. The van der Waals surface area contributed by atoms with Gasteiger partial charge in [-0.15, -0.1) is 0 Å². The predicted octanol–water partition coefficient (Wildman–Crippen LogP) is -0.600. The van der Waals surface area contributed by atoms with Crippen molar-refractivity contribution in [3.63, 3.8) is 0 Å². The fourth-order valence-electron chi connectivity index (χ4n) is 0.997. The Kier molecular flexibility index (Phi) is 5.76. The first kappa shape index (κ1) is 14.1. The lowest BCUT2D eigenvalue weighted by Crippen LogP contribution is -2.41. The van der Waals surface area contributed by atoms with Crippen LogP contribution in [0.1, 0.15) is 26.2 Å². The van der Waals surface area contributed by atoms with Crippen molar-refractivity contribution in [2.45, 2.75) is 32.2 Å². The molecule has 0 radical (unpaired) electrons. The molecule has 1 atom stereocenters.